The molecule has 0 radical (unpaired) electrons. The first kappa shape index (κ1) is 13.9. The molecule has 2 aromatic carbocycles. The molecule has 0 amide bonds. The molecule has 0 heterocycles. The minimum absolute atomic E-state index is 0.482. The van der Waals surface area contributed by atoms with E-state index in [1.54, 1.807) is 6.08 Å². The molecule has 102 valence electrons. The van der Waals surface area contributed by atoms with Gasteiger partial charge in [0.25, 0.3) is 0 Å². The van der Waals surface area contributed by atoms with Crippen molar-refractivity contribution in [2.24, 2.45) is 0 Å². The fourth-order valence-electron chi connectivity index (χ4n) is 2.23. The van der Waals surface area contributed by atoms with Gasteiger partial charge in [0, 0.05) is 29.5 Å². The van der Waals surface area contributed by atoms with Crippen LogP contribution in [0.3, 0.4) is 0 Å². The zero-order valence-electron chi connectivity index (χ0n) is 11.8. The maximum absolute atomic E-state index is 8.48. The Morgan fingerprint density at radius 1 is 1.20 bits per heavy atom. The molecule has 0 aliphatic rings. The van der Waals surface area contributed by atoms with Crippen LogP contribution < -0.4 is 11.1 Å². The molecule has 3 heteroatoms. The summed E-state index contributed by atoms with van der Waals surface area (Å²) in [5, 5.41) is 11.6. The number of nitrogens with one attached hydrogen (secondary N) is 2. The van der Waals surface area contributed by atoms with Gasteiger partial charge in [0.15, 0.2) is 0 Å². The van der Waals surface area contributed by atoms with Gasteiger partial charge in [0.05, 0.1) is 5.71 Å². The van der Waals surface area contributed by atoms with E-state index in [0.29, 0.717) is 11.4 Å². The number of hydrogen-bond donors (Lipinski definition) is 3. The third kappa shape index (κ3) is 2.57. The second-order valence-corrected chi connectivity index (χ2v) is 4.71. The highest BCUT2D eigenvalue weighted by atomic mass is 14.8. The highest BCUT2D eigenvalue weighted by molar-refractivity contribution is 6.15. The van der Waals surface area contributed by atoms with E-state index in [1.807, 2.05) is 50.4 Å². The molecule has 0 fully saturated rings. The molecule has 0 unspecified atom stereocenters. The number of anilines is 2. The minimum atomic E-state index is 0.482. The van der Waals surface area contributed by atoms with E-state index in [0.717, 1.165) is 27.9 Å². The summed E-state index contributed by atoms with van der Waals surface area (Å²) in [6.45, 7) is 5.75. The first-order valence-electron chi connectivity index (χ1n) is 6.46. The molecule has 0 bridgehead atoms. The molecule has 0 aliphatic heterocycles. The van der Waals surface area contributed by atoms with E-state index in [9.17, 15) is 0 Å². The number of benzene rings is 2. The van der Waals surface area contributed by atoms with Gasteiger partial charge in [-0.15, -0.1) is 0 Å². The third-order valence-corrected chi connectivity index (χ3v) is 3.34. The Balaban J connectivity index is 2.54. The normalized spacial score (nSPS) is 10.1. The van der Waals surface area contributed by atoms with Crippen LogP contribution in [0.5, 0.6) is 0 Å². The van der Waals surface area contributed by atoms with Crippen LogP contribution in [0.4, 0.5) is 11.4 Å². The molecule has 2 aromatic rings. The zero-order valence-corrected chi connectivity index (χ0v) is 11.8. The third-order valence-electron chi connectivity index (χ3n) is 3.34. The molecule has 3 nitrogen and oxygen atoms in total. The van der Waals surface area contributed by atoms with E-state index in [-0.39, 0.29) is 0 Å². The van der Waals surface area contributed by atoms with Crippen LogP contribution in [0.2, 0.25) is 0 Å². The zero-order chi connectivity index (χ0) is 14.7. The Bertz CT molecular complexity index is 672. The largest absolute Gasteiger partial charge is 0.399 e. The van der Waals surface area contributed by atoms with Crippen molar-refractivity contribution < 1.29 is 0 Å². The molecule has 4 N–H and O–H groups in total. The Morgan fingerprint density at radius 2 is 1.95 bits per heavy atom. The maximum atomic E-state index is 8.48. The SMILES string of the molecule is C=Cc1ccc(NC)c(C(=N)c2ccc(N)cc2C)c1. The summed E-state index contributed by atoms with van der Waals surface area (Å²) in [7, 11) is 1.86. The lowest BCUT2D eigenvalue weighted by molar-refractivity contribution is 1.38. The van der Waals surface area contributed by atoms with E-state index in [4.69, 9.17) is 11.1 Å². The molecular formula is C17H19N3. The highest BCUT2D eigenvalue weighted by Crippen LogP contribution is 2.23. The molecular weight excluding hydrogens is 246 g/mol. The van der Waals surface area contributed by atoms with Crippen molar-refractivity contribution in [3.63, 3.8) is 0 Å². The van der Waals surface area contributed by atoms with Crippen molar-refractivity contribution in [1.29, 1.82) is 5.41 Å². The molecule has 20 heavy (non-hydrogen) atoms. The summed E-state index contributed by atoms with van der Waals surface area (Å²) in [6, 6.07) is 11.5. The summed E-state index contributed by atoms with van der Waals surface area (Å²) in [6.07, 6.45) is 1.78. The molecule has 0 aliphatic carbocycles. The van der Waals surface area contributed by atoms with Gasteiger partial charge in [-0.3, -0.25) is 5.41 Å². The summed E-state index contributed by atoms with van der Waals surface area (Å²) in [4.78, 5) is 0. The quantitative estimate of drug-likeness (QED) is 0.583. The van der Waals surface area contributed by atoms with Crippen molar-refractivity contribution in [2.75, 3.05) is 18.1 Å². The molecule has 0 spiro atoms. The van der Waals surface area contributed by atoms with Crippen molar-refractivity contribution in [1.82, 2.24) is 0 Å². The van der Waals surface area contributed by atoms with Crippen molar-refractivity contribution in [2.45, 2.75) is 6.92 Å². The van der Waals surface area contributed by atoms with Crippen LogP contribution in [-0.2, 0) is 0 Å². The van der Waals surface area contributed by atoms with Crippen LogP contribution >= 0.6 is 0 Å². The summed E-state index contributed by atoms with van der Waals surface area (Å²) in [5.74, 6) is 0. The average Bonchev–Trinajstić information content (AvgIpc) is 2.46. The second kappa shape index (κ2) is 5.61. The lowest BCUT2D eigenvalue weighted by atomic mass is 9.95. The number of nitrogens with two attached hydrogens (primary N) is 1. The van der Waals surface area contributed by atoms with Crippen LogP contribution in [0.25, 0.3) is 6.08 Å². The summed E-state index contributed by atoms with van der Waals surface area (Å²) in [5.41, 5.74) is 11.6. The number of nitrogen functional groups attached to an aromatic ring is 1. The van der Waals surface area contributed by atoms with Crippen molar-refractivity contribution in [3.05, 3.63) is 65.2 Å². The monoisotopic (exact) mass is 265 g/mol. The molecule has 0 saturated carbocycles. The van der Waals surface area contributed by atoms with Gasteiger partial charge in [-0.05, 0) is 42.3 Å². The van der Waals surface area contributed by atoms with Crippen molar-refractivity contribution >= 4 is 23.2 Å². The van der Waals surface area contributed by atoms with Gasteiger partial charge in [-0.25, -0.2) is 0 Å². The van der Waals surface area contributed by atoms with Gasteiger partial charge in [0.1, 0.15) is 0 Å². The number of rotatable bonds is 4. The van der Waals surface area contributed by atoms with Crippen LogP contribution in [0.15, 0.2) is 43.0 Å². The first-order valence-corrected chi connectivity index (χ1v) is 6.46. The fourth-order valence-corrected chi connectivity index (χ4v) is 2.23. The van der Waals surface area contributed by atoms with Gasteiger partial charge < -0.3 is 11.1 Å². The predicted octanol–water partition coefficient (Wildman–Crippen LogP) is 3.68. The molecule has 0 aromatic heterocycles. The molecule has 0 atom stereocenters. The predicted molar refractivity (Wildman–Crippen MR) is 87.6 cm³/mol. The fraction of sp³-hybridized carbons (Fsp3) is 0.118. The second-order valence-electron chi connectivity index (χ2n) is 4.71. The standard InChI is InChI=1S/C17H19N3/c1-4-12-5-8-16(20-3)15(10-12)17(19)14-7-6-13(18)9-11(14)2/h4-10,19-20H,1,18H2,2-3H3. The van der Waals surface area contributed by atoms with Gasteiger partial charge in [0.2, 0.25) is 0 Å². The van der Waals surface area contributed by atoms with Gasteiger partial charge in [-0.2, -0.15) is 0 Å². The van der Waals surface area contributed by atoms with E-state index >= 15 is 0 Å². The topological polar surface area (TPSA) is 61.9 Å². The number of aryl methyl sites for hydroxylation is 1. The Hall–Kier alpha value is -2.55. The summed E-state index contributed by atoms with van der Waals surface area (Å²) >= 11 is 0. The lowest BCUT2D eigenvalue weighted by Gasteiger charge is -2.14. The Morgan fingerprint density at radius 3 is 2.55 bits per heavy atom. The first-order chi connectivity index (χ1) is 9.56. The maximum Gasteiger partial charge on any atom is 0.0708 e. The van der Waals surface area contributed by atoms with E-state index < -0.39 is 0 Å². The molecule has 0 saturated heterocycles. The Labute approximate surface area is 119 Å². The Kier molecular flexibility index (Phi) is 3.89. The summed E-state index contributed by atoms with van der Waals surface area (Å²) < 4.78 is 0. The van der Waals surface area contributed by atoms with Crippen LogP contribution in [0, 0.1) is 12.3 Å². The van der Waals surface area contributed by atoms with Crippen LogP contribution in [0.1, 0.15) is 22.3 Å². The van der Waals surface area contributed by atoms with E-state index in [2.05, 4.69) is 11.9 Å². The highest BCUT2D eigenvalue weighted by Gasteiger charge is 2.12. The van der Waals surface area contributed by atoms with Gasteiger partial charge in [-0.1, -0.05) is 24.8 Å². The van der Waals surface area contributed by atoms with Crippen LogP contribution in [-0.4, -0.2) is 12.8 Å². The van der Waals surface area contributed by atoms with Crippen molar-refractivity contribution in [3.8, 4) is 0 Å². The lowest BCUT2D eigenvalue weighted by Crippen LogP contribution is -2.08. The number of hydrogen-bond acceptors (Lipinski definition) is 3. The molecule has 2 rings (SSSR count). The van der Waals surface area contributed by atoms with E-state index in [1.165, 1.54) is 0 Å². The average molecular weight is 265 g/mol. The van der Waals surface area contributed by atoms with Gasteiger partial charge >= 0.3 is 0 Å². The minimum Gasteiger partial charge on any atom is -0.399 e. The smallest absolute Gasteiger partial charge is 0.0708 e.